The number of ether oxygens (including phenoxy) is 2. The third-order valence-electron chi connectivity index (χ3n) is 9.32. The molecule has 6 rings (SSSR count). The second kappa shape index (κ2) is 10.7. The van der Waals surface area contributed by atoms with Gasteiger partial charge in [0.2, 0.25) is 0 Å². The summed E-state index contributed by atoms with van der Waals surface area (Å²) in [7, 11) is 0. The molecular weight excluding hydrogens is 610 g/mol. The summed E-state index contributed by atoms with van der Waals surface area (Å²) in [6.45, 7) is 10.3. The summed E-state index contributed by atoms with van der Waals surface area (Å²) >= 11 is 2.15. The van der Waals surface area contributed by atoms with Crippen LogP contribution in [0.1, 0.15) is 66.4 Å². The molecule has 0 bridgehead atoms. The van der Waals surface area contributed by atoms with Gasteiger partial charge in [0.05, 0.1) is 12.2 Å². The normalized spacial score (nSPS) is 29.4. The number of carboxylic acids is 1. The van der Waals surface area contributed by atoms with E-state index in [4.69, 9.17) is 9.47 Å². The van der Waals surface area contributed by atoms with E-state index in [0.717, 1.165) is 65.6 Å². The van der Waals surface area contributed by atoms with Crippen LogP contribution in [-0.2, 0) is 11.3 Å². The van der Waals surface area contributed by atoms with E-state index in [1.54, 1.807) is 6.07 Å². The second-order valence-corrected chi connectivity index (χ2v) is 13.0. The van der Waals surface area contributed by atoms with Crippen molar-refractivity contribution in [1.82, 2.24) is 9.80 Å². The number of aromatic carboxylic acids is 1. The van der Waals surface area contributed by atoms with Crippen molar-refractivity contribution < 1.29 is 23.8 Å². The van der Waals surface area contributed by atoms with Gasteiger partial charge in [-0.05, 0) is 109 Å². The number of rotatable bonds is 6. The number of benzene rings is 2. The van der Waals surface area contributed by atoms with Crippen molar-refractivity contribution in [1.29, 1.82) is 0 Å². The maximum absolute atomic E-state index is 14.4. The van der Waals surface area contributed by atoms with Crippen LogP contribution < -0.4 is 4.74 Å². The number of nitrogens with zero attached hydrogens (tertiary/aromatic N) is 2. The summed E-state index contributed by atoms with van der Waals surface area (Å²) in [6, 6.07) is 11.3. The van der Waals surface area contributed by atoms with Crippen LogP contribution in [0, 0.1) is 21.2 Å². The lowest BCUT2D eigenvalue weighted by atomic mass is 9.79. The molecule has 2 saturated heterocycles. The smallest absolute Gasteiger partial charge is 0.335 e. The lowest BCUT2D eigenvalue weighted by Gasteiger charge is -2.49. The van der Waals surface area contributed by atoms with E-state index in [1.165, 1.54) is 6.07 Å². The zero-order chi connectivity index (χ0) is 27.3. The minimum atomic E-state index is -0.871. The fourth-order valence-corrected chi connectivity index (χ4v) is 7.69. The first-order chi connectivity index (χ1) is 18.7. The van der Waals surface area contributed by atoms with Gasteiger partial charge in [0.1, 0.15) is 5.60 Å². The van der Waals surface area contributed by atoms with E-state index >= 15 is 0 Å². The maximum Gasteiger partial charge on any atom is 0.335 e. The van der Waals surface area contributed by atoms with Gasteiger partial charge >= 0.3 is 5.97 Å². The summed E-state index contributed by atoms with van der Waals surface area (Å²) in [5.74, 6) is 0.461. The molecule has 6 nitrogen and oxygen atoms in total. The summed E-state index contributed by atoms with van der Waals surface area (Å²) in [6.07, 6.45) is 5.30. The zero-order valence-corrected chi connectivity index (χ0v) is 24.5. The van der Waals surface area contributed by atoms with Gasteiger partial charge in [-0.1, -0.05) is 25.6 Å². The molecule has 3 fully saturated rings. The highest BCUT2D eigenvalue weighted by molar-refractivity contribution is 14.1. The van der Waals surface area contributed by atoms with Crippen LogP contribution in [0.25, 0.3) is 0 Å². The number of likely N-dealkylation sites (tertiary alicyclic amines) is 1. The highest BCUT2D eigenvalue weighted by Gasteiger charge is 2.52. The van der Waals surface area contributed by atoms with Crippen LogP contribution in [0.3, 0.4) is 0 Å². The van der Waals surface area contributed by atoms with E-state index in [0.29, 0.717) is 55.0 Å². The number of hydrogen-bond donors (Lipinski definition) is 1. The molecule has 0 amide bonds. The molecule has 8 heteroatoms. The predicted octanol–water partition coefficient (Wildman–Crippen LogP) is 6.25. The van der Waals surface area contributed by atoms with Gasteiger partial charge in [0.25, 0.3) is 0 Å². The lowest BCUT2D eigenvalue weighted by Crippen LogP contribution is -2.55. The van der Waals surface area contributed by atoms with Crippen LogP contribution >= 0.6 is 22.6 Å². The highest BCUT2D eigenvalue weighted by Crippen LogP contribution is 2.52. The van der Waals surface area contributed by atoms with Crippen molar-refractivity contribution >= 4 is 28.6 Å². The van der Waals surface area contributed by atoms with Crippen molar-refractivity contribution in [3.05, 3.63) is 74.8 Å². The Hall–Kier alpha value is -2.17. The zero-order valence-electron chi connectivity index (χ0n) is 22.4. The Morgan fingerprint density at radius 3 is 2.72 bits per heavy atom. The third-order valence-corrected chi connectivity index (χ3v) is 9.94. The van der Waals surface area contributed by atoms with E-state index < -0.39 is 5.97 Å². The number of hydrogen-bond acceptors (Lipinski definition) is 5. The van der Waals surface area contributed by atoms with Crippen molar-refractivity contribution in [2.24, 2.45) is 11.8 Å². The van der Waals surface area contributed by atoms with Gasteiger partial charge < -0.3 is 19.5 Å². The minimum absolute atomic E-state index is 0.290. The number of halogens is 2. The Morgan fingerprint density at radius 1 is 1.21 bits per heavy atom. The molecule has 1 aliphatic carbocycles. The fourth-order valence-electron chi connectivity index (χ4n) is 7.04. The Kier molecular flexibility index (Phi) is 7.39. The summed E-state index contributed by atoms with van der Waals surface area (Å²) in [4.78, 5) is 16.2. The summed E-state index contributed by atoms with van der Waals surface area (Å²) in [5, 5.41) is 9.41. The molecule has 0 aromatic heterocycles. The van der Waals surface area contributed by atoms with Crippen LogP contribution in [0.5, 0.6) is 5.75 Å². The molecular formula is C31H36FIN2O4. The first-order valence-corrected chi connectivity index (χ1v) is 15.1. The van der Waals surface area contributed by atoms with Crippen molar-refractivity contribution in [3.8, 4) is 5.75 Å². The average molecular weight is 647 g/mol. The van der Waals surface area contributed by atoms with Gasteiger partial charge in [-0.15, -0.1) is 0 Å². The van der Waals surface area contributed by atoms with Gasteiger partial charge in [-0.2, -0.15) is 0 Å². The average Bonchev–Trinajstić information content (AvgIpc) is 3.78. The first-order valence-electron chi connectivity index (χ1n) is 14.0. The minimum Gasteiger partial charge on any atom is -0.478 e. The summed E-state index contributed by atoms with van der Waals surface area (Å²) < 4.78 is 28.0. The summed E-state index contributed by atoms with van der Waals surface area (Å²) in [5.41, 5.74) is 2.95. The van der Waals surface area contributed by atoms with Crippen LogP contribution in [0.4, 0.5) is 4.39 Å². The molecule has 0 spiro atoms. The van der Waals surface area contributed by atoms with Crippen LogP contribution in [0.15, 0.2) is 48.7 Å². The molecule has 39 heavy (non-hydrogen) atoms. The van der Waals surface area contributed by atoms with Gasteiger partial charge in [0.15, 0.2) is 18.3 Å². The number of fused-ring (bicyclic) bond motifs is 1. The number of piperidine rings is 1. The van der Waals surface area contributed by atoms with Gasteiger partial charge in [-0.25, -0.2) is 9.18 Å². The molecule has 4 atom stereocenters. The van der Waals surface area contributed by atoms with Crippen molar-refractivity contribution in [2.75, 3.05) is 26.4 Å². The molecule has 3 heterocycles. The van der Waals surface area contributed by atoms with Gasteiger partial charge in [0, 0.05) is 34.0 Å². The molecule has 1 N–H and O–H groups in total. The second-order valence-electron chi connectivity index (χ2n) is 11.8. The quantitative estimate of drug-likeness (QED) is 0.375. The lowest BCUT2D eigenvalue weighted by molar-refractivity contribution is -0.121. The topological polar surface area (TPSA) is 62.2 Å². The molecule has 3 aliphatic heterocycles. The molecule has 0 radical (unpaired) electrons. The monoisotopic (exact) mass is 646 g/mol. The molecule has 208 valence electrons. The number of carboxylic acid groups (broad SMARTS) is 1. The van der Waals surface area contributed by atoms with E-state index in [9.17, 15) is 14.3 Å². The van der Waals surface area contributed by atoms with Crippen LogP contribution in [0.2, 0.25) is 0 Å². The third kappa shape index (κ3) is 5.20. The Morgan fingerprint density at radius 2 is 2.03 bits per heavy atom. The van der Waals surface area contributed by atoms with Crippen LogP contribution in [-0.4, -0.2) is 58.9 Å². The molecule has 1 saturated carbocycles. The van der Waals surface area contributed by atoms with E-state index in [-0.39, 0.29) is 11.4 Å². The molecule has 2 aromatic carbocycles. The fraction of sp³-hybridized carbons (Fsp3) is 0.516. The molecule has 0 unspecified atom stereocenters. The van der Waals surface area contributed by atoms with Gasteiger partial charge in [-0.3, -0.25) is 4.90 Å². The number of carbonyl (C=O) groups is 1. The SMILES string of the molecule is C=C(N1COc2c(F)cc(I)cc2C1)[C@@]1(C2CC2)CC[C@@H](N2CC[C@H](c3cccc(C(=O)O)c3)[C@@H](C)C2)CO1. The standard InChI is InChI=1S/C31H36FIN2O4/c1-19-15-34(11-9-27(19)21-4-3-5-22(12-21)30(36)37)26-8-10-31(39-17-26,24-6-7-24)20(2)35-16-23-13-25(33)14-28(32)29(23)38-18-35/h3-5,12-14,19,24,26-27H,2,6-11,15-18H2,1H3,(H,36,37)/t19-,26+,27-,31+/m0/s1. The highest BCUT2D eigenvalue weighted by atomic mass is 127. The predicted molar refractivity (Wildman–Crippen MR) is 155 cm³/mol. The first kappa shape index (κ1) is 27.0. The Labute approximate surface area is 243 Å². The Balaban J connectivity index is 1.10. The molecule has 4 aliphatic rings. The molecule has 2 aromatic rings. The maximum atomic E-state index is 14.4. The largest absolute Gasteiger partial charge is 0.478 e. The van der Waals surface area contributed by atoms with Crippen molar-refractivity contribution in [3.63, 3.8) is 0 Å². The Bertz CT molecular complexity index is 1270. The van der Waals surface area contributed by atoms with E-state index in [1.807, 2.05) is 18.2 Å². The van der Waals surface area contributed by atoms with E-state index in [2.05, 4.69) is 52.0 Å². The van der Waals surface area contributed by atoms with Crippen molar-refractivity contribution in [2.45, 2.75) is 63.1 Å².